The van der Waals surface area contributed by atoms with Crippen LogP contribution >= 0.6 is 11.8 Å². The fourth-order valence-corrected chi connectivity index (χ4v) is 6.17. The van der Waals surface area contributed by atoms with Crippen LogP contribution in [0.25, 0.3) is 11.1 Å². The fraction of sp³-hybridized carbons (Fsp3) is 0.400. The summed E-state index contributed by atoms with van der Waals surface area (Å²) in [6, 6.07) is 21.7. The smallest absolute Gasteiger partial charge is 0.858 e. The molecule has 222 valence electrons. The molecule has 0 saturated heterocycles. The van der Waals surface area contributed by atoms with Crippen LogP contribution in [0.5, 0.6) is 0 Å². The third-order valence-corrected chi connectivity index (χ3v) is 8.76. The SMILES string of the molecule is CSCC[C@H](N=C([O-])c1ccc(CN(CCC2CCCCC2)C(=O)c2ccccc2)cc1-c1ccccc1C)C(=O)O.[Li+]. The van der Waals surface area contributed by atoms with Gasteiger partial charge in [0, 0.05) is 18.7 Å². The van der Waals surface area contributed by atoms with E-state index in [2.05, 4.69) is 4.99 Å². The van der Waals surface area contributed by atoms with Gasteiger partial charge < -0.3 is 15.1 Å². The van der Waals surface area contributed by atoms with Crippen LogP contribution in [-0.4, -0.2) is 52.4 Å². The van der Waals surface area contributed by atoms with Crippen molar-refractivity contribution in [1.29, 1.82) is 0 Å². The van der Waals surface area contributed by atoms with E-state index in [0.29, 0.717) is 41.5 Å². The van der Waals surface area contributed by atoms with Crippen molar-refractivity contribution in [3.8, 4) is 11.1 Å². The molecule has 1 aliphatic carbocycles. The van der Waals surface area contributed by atoms with Crippen molar-refractivity contribution in [3.63, 3.8) is 0 Å². The Bertz CT molecular complexity index is 1380. The van der Waals surface area contributed by atoms with Gasteiger partial charge in [-0.15, -0.1) is 0 Å². The van der Waals surface area contributed by atoms with Crippen molar-refractivity contribution >= 4 is 29.5 Å². The average Bonchev–Trinajstić information content (AvgIpc) is 3.01. The van der Waals surface area contributed by atoms with E-state index in [1.165, 1.54) is 43.9 Å². The zero-order valence-electron chi connectivity index (χ0n) is 25.6. The maximum Gasteiger partial charge on any atom is 1.00 e. The summed E-state index contributed by atoms with van der Waals surface area (Å²) in [5, 5.41) is 23.1. The number of carbonyl (C=O) groups excluding carboxylic acids is 1. The Hall–Kier alpha value is -2.98. The second-order valence-electron chi connectivity index (χ2n) is 11.2. The number of thioether (sulfide) groups is 1. The Morgan fingerprint density at radius 1 is 1.00 bits per heavy atom. The molecule has 6 nitrogen and oxygen atoms in total. The number of amides is 1. The maximum absolute atomic E-state index is 13.7. The number of hydrogen-bond acceptors (Lipinski definition) is 5. The summed E-state index contributed by atoms with van der Waals surface area (Å²) in [7, 11) is 0. The monoisotopic (exact) mass is 592 g/mol. The van der Waals surface area contributed by atoms with Gasteiger partial charge in [-0.1, -0.05) is 86.7 Å². The van der Waals surface area contributed by atoms with E-state index in [-0.39, 0.29) is 31.2 Å². The van der Waals surface area contributed by atoms with Gasteiger partial charge in [-0.25, -0.2) is 4.79 Å². The molecule has 1 fully saturated rings. The number of carboxylic acids is 1. The first-order valence-electron chi connectivity index (χ1n) is 14.9. The molecule has 0 aliphatic heterocycles. The first-order valence-corrected chi connectivity index (χ1v) is 16.3. The molecule has 43 heavy (non-hydrogen) atoms. The second kappa shape index (κ2) is 17.3. The molecule has 1 amide bonds. The minimum atomic E-state index is -1.10. The van der Waals surface area contributed by atoms with Crippen LogP contribution in [0.2, 0.25) is 0 Å². The van der Waals surface area contributed by atoms with Crippen LogP contribution in [-0.2, 0) is 11.3 Å². The molecule has 3 aromatic rings. The Labute approximate surface area is 272 Å². The van der Waals surface area contributed by atoms with Gasteiger partial charge in [0.25, 0.3) is 5.91 Å². The summed E-state index contributed by atoms with van der Waals surface area (Å²) in [4.78, 5) is 31.5. The Morgan fingerprint density at radius 2 is 1.70 bits per heavy atom. The number of benzene rings is 3. The van der Waals surface area contributed by atoms with Gasteiger partial charge >= 0.3 is 24.8 Å². The standard InChI is InChI=1S/C35H42N2O4S.Li/c1-25-11-9-10-16-29(25)31-23-27(17-18-30(31)33(38)36-32(35(40)41)20-22-42-2)24-37(21-19-26-12-5-3-6-13-26)34(39)28-14-7-4-8-15-28;/h4,7-11,14-18,23,26,32H,3,5-6,12-13,19-22,24H2,1-2H3,(H,36,38)(H,40,41);/q;+1/p-1/t32-;/m0./s1. The molecule has 0 bridgehead atoms. The molecule has 0 spiro atoms. The minimum Gasteiger partial charge on any atom is -0.858 e. The minimum absolute atomic E-state index is 0. The van der Waals surface area contributed by atoms with Crippen LogP contribution in [0.3, 0.4) is 0 Å². The van der Waals surface area contributed by atoms with Crippen molar-refractivity contribution in [2.45, 2.75) is 64.5 Å². The molecule has 0 heterocycles. The molecule has 0 aromatic heterocycles. The van der Waals surface area contributed by atoms with Gasteiger partial charge in [-0.05, 0) is 89.6 Å². The molecule has 1 atom stereocenters. The Morgan fingerprint density at radius 3 is 2.37 bits per heavy atom. The number of aryl methyl sites for hydroxylation is 1. The van der Waals surface area contributed by atoms with Crippen LogP contribution in [0.4, 0.5) is 0 Å². The number of carboxylic acid groups (broad SMARTS) is 1. The number of aliphatic carboxylic acids is 1. The normalized spacial score (nSPS) is 14.5. The fourth-order valence-electron chi connectivity index (χ4n) is 5.71. The summed E-state index contributed by atoms with van der Waals surface area (Å²) >= 11 is 1.53. The van der Waals surface area contributed by atoms with Gasteiger partial charge in [0.15, 0.2) is 0 Å². The molecule has 1 N–H and O–H groups in total. The third-order valence-electron chi connectivity index (χ3n) is 8.12. The van der Waals surface area contributed by atoms with Crippen LogP contribution in [0.15, 0.2) is 77.8 Å². The average molecular weight is 593 g/mol. The first-order chi connectivity index (χ1) is 20.4. The van der Waals surface area contributed by atoms with Crippen molar-refractivity contribution in [3.05, 3.63) is 95.1 Å². The molecule has 0 radical (unpaired) electrons. The molecule has 8 heteroatoms. The molecule has 3 aromatic carbocycles. The van der Waals surface area contributed by atoms with Crippen molar-refractivity contribution in [1.82, 2.24) is 4.90 Å². The Balaban J connectivity index is 0.00000506. The number of hydrogen-bond donors (Lipinski definition) is 1. The van der Waals surface area contributed by atoms with Crippen LogP contribution in [0, 0.1) is 12.8 Å². The zero-order valence-corrected chi connectivity index (χ0v) is 26.4. The van der Waals surface area contributed by atoms with E-state index < -0.39 is 17.9 Å². The largest absolute Gasteiger partial charge is 1.00 e. The molecular weight excluding hydrogens is 551 g/mol. The quantitative estimate of drug-likeness (QED) is 0.186. The number of nitrogens with zero attached hydrogens (tertiary/aromatic N) is 2. The molecule has 0 unspecified atom stereocenters. The van der Waals surface area contributed by atoms with Crippen LogP contribution < -0.4 is 24.0 Å². The Kier molecular flexibility index (Phi) is 13.9. The van der Waals surface area contributed by atoms with Gasteiger partial charge in [-0.2, -0.15) is 11.8 Å². The topological polar surface area (TPSA) is 93.0 Å². The van der Waals surface area contributed by atoms with Gasteiger partial charge in [0.2, 0.25) is 0 Å². The van der Waals surface area contributed by atoms with Crippen molar-refractivity contribution in [2.24, 2.45) is 10.9 Å². The van der Waals surface area contributed by atoms with Crippen LogP contribution in [0.1, 0.15) is 72.0 Å². The van der Waals surface area contributed by atoms with E-state index >= 15 is 0 Å². The second-order valence-corrected chi connectivity index (χ2v) is 12.1. The predicted octanol–water partition coefficient (Wildman–Crippen LogP) is 3.59. The van der Waals surface area contributed by atoms with E-state index in [9.17, 15) is 19.8 Å². The third kappa shape index (κ3) is 9.76. The predicted molar refractivity (Wildman–Crippen MR) is 170 cm³/mol. The van der Waals surface area contributed by atoms with E-state index in [1.807, 2.05) is 84.8 Å². The van der Waals surface area contributed by atoms with E-state index in [4.69, 9.17) is 0 Å². The van der Waals surface area contributed by atoms with E-state index in [0.717, 1.165) is 23.1 Å². The molecular formula is C35H41LiN2O4S. The molecule has 1 saturated carbocycles. The first kappa shape index (κ1) is 34.5. The molecule has 1 aliphatic rings. The summed E-state index contributed by atoms with van der Waals surface area (Å²) in [6.45, 7) is 3.07. The number of rotatable bonds is 13. The molecule has 4 rings (SSSR count). The number of aliphatic imine (C=N–C) groups is 1. The summed E-state index contributed by atoms with van der Waals surface area (Å²) < 4.78 is 0. The van der Waals surface area contributed by atoms with Gasteiger partial charge in [0.1, 0.15) is 6.04 Å². The zero-order chi connectivity index (χ0) is 29.9. The van der Waals surface area contributed by atoms with Crippen molar-refractivity contribution < 1.29 is 38.7 Å². The van der Waals surface area contributed by atoms with Gasteiger partial charge in [0.05, 0.1) is 0 Å². The summed E-state index contributed by atoms with van der Waals surface area (Å²) in [5.41, 5.74) is 4.53. The maximum atomic E-state index is 13.7. The van der Waals surface area contributed by atoms with Gasteiger partial charge in [-0.3, -0.25) is 9.79 Å². The summed E-state index contributed by atoms with van der Waals surface area (Å²) in [6.07, 6.45) is 9.43. The summed E-state index contributed by atoms with van der Waals surface area (Å²) in [5.74, 6) is -0.398. The van der Waals surface area contributed by atoms with Crippen molar-refractivity contribution in [2.75, 3.05) is 18.6 Å². The van der Waals surface area contributed by atoms with E-state index in [1.54, 1.807) is 6.07 Å². The number of carbonyl (C=O) groups is 2.